The average Bonchev–Trinajstić information content (AvgIpc) is 2.37. The molecule has 2 atom stereocenters. The highest BCUT2D eigenvalue weighted by molar-refractivity contribution is 7.86. The van der Waals surface area contributed by atoms with Crippen LogP contribution in [0, 0.1) is 0 Å². The van der Waals surface area contributed by atoms with Gasteiger partial charge in [0.05, 0.1) is 10.3 Å². The third-order valence-corrected chi connectivity index (χ3v) is 4.90. The minimum Gasteiger partial charge on any atom is -0.385 e. The SMILES string of the molecule is COCCCS(=O)C(C)C(=O)c1ccc(Cl)cc1Cl. The van der Waals surface area contributed by atoms with Crippen molar-refractivity contribution in [2.75, 3.05) is 19.5 Å². The van der Waals surface area contributed by atoms with Crippen LogP contribution in [-0.2, 0) is 15.5 Å². The maximum absolute atomic E-state index is 12.2. The molecule has 106 valence electrons. The largest absolute Gasteiger partial charge is 0.385 e. The normalized spacial score (nSPS) is 14.1. The number of methoxy groups -OCH3 is 1. The highest BCUT2D eigenvalue weighted by Gasteiger charge is 2.23. The van der Waals surface area contributed by atoms with E-state index in [-0.39, 0.29) is 5.78 Å². The third kappa shape index (κ3) is 4.88. The van der Waals surface area contributed by atoms with Crippen molar-refractivity contribution in [1.82, 2.24) is 0 Å². The Bertz CT molecular complexity index is 477. The number of hydrogen-bond donors (Lipinski definition) is 0. The average molecular weight is 323 g/mol. The van der Waals surface area contributed by atoms with Gasteiger partial charge in [0, 0.05) is 40.9 Å². The van der Waals surface area contributed by atoms with Gasteiger partial charge in [0.15, 0.2) is 5.78 Å². The minimum atomic E-state index is -1.23. The van der Waals surface area contributed by atoms with E-state index >= 15 is 0 Å². The van der Waals surface area contributed by atoms with E-state index in [1.165, 1.54) is 6.07 Å². The van der Waals surface area contributed by atoms with E-state index in [4.69, 9.17) is 27.9 Å². The molecule has 0 aliphatic carbocycles. The highest BCUT2D eigenvalue weighted by atomic mass is 35.5. The monoisotopic (exact) mass is 322 g/mol. The van der Waals surface area contributed by atoms with Crippen LogP contribution in [0.25, 0.3) is 0 Å². The number of Topliss-reactive ketones (excluding diaryl/α,β-unsaturated/α-hetero) is 1. The molecule has 0 bridgehead atoms. The molecule has 2 unspecified atom stereocenters. The van der Waals surface area contributed by atoms with Crippen LogP contribution in [0.1, 0.15) is 23.7 Å². The number of hydrogen-bond acceptors (Lipinski definition) is 3. The second kappa shape index (κ2) is 8.00. The summed E-state index contributed by atoms with van der Waals surface area (Å²) >= 11 is 11.8. The molecule has 0 aromatic heterocycles. The van der Waals surface area contributed by atoms with E-state index in [0.717, 1.165) is 0 Å². The van der Waals surface area contributed by atoms with Gasteiger partial charge in [-0.1, -0.05) is 23.2 Å². The van der Waals surface area contributed by atoms with Crippen molar-refractivity contribution in [2.45, 2.75) is 18.6 Å². The summed E-state index contributed by atoms with van der Waals surface area (Å²) < 4.78 is 16.9. The summed E-state index contributed by atoms with van der Waals surface area (Å²) in [5, 5.41) is 0.171. The smallest absolute Gasteiger partial charge is 0.179 e. The van der Waals surface area contributed by atoms with Gasteiger partial charge in [-0.2, -0.15) is 0 Å². The van der Waals surface area contributed by atoms with Gasteiger partial charge in [-0.05, 0) is 31.5 Å². The first-order valence-electron chi connectivity index (χ1n) is 5.82. The molecule has 0 spiro atoms. The zero-order valence-corrected chi connectivity index (χ0v) is 13.1. The summed E-state index contributed by atoms with van der Waals surface area (Å²) in [4.78, 5) is 12.2. The Morgan fingerprint density at radius 1 is 1.42 bits per heavy atom. The molecule has 0 saturated heterocycles. The minimum absolute atomic E-state index is 0.225. The van der Waals surface area contributed by atoms with Crippen LogP contribution in [0.15, 0.2) is 18.2 Å². The number of carbonyl (C=O) groups is 1. The molecule has 0 N–H and O–H groups in total. The van der Waals surface area contributed by atoms with Gasteiger partial charge in [0.1, 0.15) is 0 Å². The number of rotatable bonds is 7. The summed E-state index contributed by atoms with van der Waals surface area (Å²) in [7, 11) is 0.357. The second-order valence-electron chi connectivity index (χ2n) is 4.06. The Hall–Kier alpha value is -0.420. The van der Waals surface area contributed by atoms with Crippen molar-refractivity contribution >= 4 is 39.8 Å². The van der Waals surface area contributed by atoms with Crippen molar-refractivity contribution in [2.24, 2.45) is 0 Å². The fourth-order valence-corrected chi connectivity index (χ4v) is 3.17. The molecule has 0 saturated carbocycles. The van der Waals surface area contributed by atoms with E-state index in [1.54, 1.807) is 26.2 Å². The zero-order valence-electron chi connectivity index (χ0n) is 10.8. The summed E-state index contributed by atoms with van der Waals surface area (Å²) in [6.07, 6.45) is 0.662. The van der Waals surface area contributed by atoms with E-state index in [9.17, 15) is 9.00 Å². The first kappa shape index (κ1) is 16.6. The van der Waals surface area contributed by atoms with Gasteiger partial charge in [0.25, 0.3) is 0 Å². The van der Waals surface area contributed by atoms with Gasteiger partial charge in [-0.25, -0.2) is 0 Å². The van der Waals surface area contributed by atoms with Crippen molar-refractivity contribution in [3.05, 3.63) is 33.8 Å². The summed E-state index contributed by atoms with van der Waals surface area (Å²) in [5.41, 5.74) is 0.360. The molecule has 0 fully saturated rings. The lowest BCUT2D eigenvalue weighted by atomic mass is 10.1. The van der Waals surface area contributed by atoms with Crippen LogP contribution in [0.4, 0.5) is 0 Å². The lowest BCUT2D eigenvalue weighted by Gasteiger charge is -2.11. The molecule has 3 nitrogen and oxygen atoms in total. The molecule has 0 aliphatic rings. The fraction of sp³-hybridized carbons (Fsp3) is 0.462. The van der Waals surface area contributed by atoms with E-state index in [1.807, 2.05) is 0 Å². The van der Waals surface area contributed by atoms with Crippen LogP contribution in [-0.4, -0.2) is 34.7 Å². The molecule has 19 heavy (non-hydrogen) atoms. The molecule has 6 heteroatoms. The van der Waals surface area contributed by atoms with Crippen LogP contribution >= 0.6 is 23.2 Å². The van der Waals surface area contributed by atoms with Crippen LogP contribution in [0.3, 0.4) is 0 Å². The Morgan fingerprint density at radius 2 is 2.11 bits per heavy atom. The van der Waals surface area contributed by atoms with Gasteiger partial charge in [-0.15, -0.1) is 0 Å². The molecule has 0 heterocycles. The Morgan fingerprint density at radius 3 is 2.68 bits per heavy atom. The van der Waals surface area contributed by atoms with Gasteiger partial charge in [0.2, 0.25) is 0 Å². The van der Waals surface area contributed by atoms with Crippen LogP contribution < -0.4 is 0 Å². The summed E-state index contributed by atoms with van der Waals surface area (Å²) in [6.45, 7) is 2.19. The third-order valence-electron chi connectivity index (χ3n) is 2.65. The quantitative estimate of drug-likeness (QED) is 0.571. The number of benzene rings is 1. The Balaban J connectivity index is 2.73. The first-order valence-corrected chi connectivity index (χ1v) is 7.96. The summed E-state index contributed by atoms with van der Waals surface area (Å²) in [6, 6.07) is 4.67. The fourth-order valence-electron chi connectivity index (χ4n) is 1.55. The van der Waals surface area contributed by atoms with Gasteiger partial charge < -0.3 is 4.74 Å². The van der Waals surface area contributed by atoms with Crippen molar-refractivity contribution in [3.8, 4) is 0 Å². The number of ketones is 1. The van der Waals surface area contributed by atoms with Crippen LogP contribution in [0.2, 0.25) is 10.0 Å². The number of carbonyl (C=O) groups excluding carboxylic acids is 1. The van der Waals surface area contributed by atoms with Crippen LogP contribution in [0.5, 0.6) is 0 Å². The second-order valence-corrected chi connectivity index (χ2v) is 6.78. The number of halogens is 2. The van der Waals surface area contributed by atoms with Gasteiger partial charge in [-0.3, -0.25) is 9.00 Å². The lowest BCUT2D eigenvalue weighted by molar-refractivity contribution is 0.0992. The molecular weight excluding hydrogens is 307 g/mol. The molecule has 1 aromatic rings. The highest BCUT2D eigenvalue weighted by Crippen LogP contribution is 2.23. The Labute approximate surface area is 125 Å². The topological polar surface area (TPSA) is 43.4 Å². The molecule has 0 aliphatic heterocycles. The maximum atomic E-state index is 12.2. The number of ether oxygens (including phenoxy) is 1. The molecule has 1 rings (SSSR count). The van der Waals surface area contributed by atoms with E-state index in [0.29, 0.717) is 34.4 Å². The molecule has 1 aromatic carbocycles. The van der Waals surface area contributed by atoms with Gasteiger partial charge >= 0.3 is 0 Å². The first-order chi connectivity index (χ1) is 8.97. The predicted molar refractivity (Wildman–Crippen MR) is 79.8 cm³/mol. The van der Waals surface area contributed by atoms with E-state index < -0.39 is 16.0 Å². The lowest BCUT2D eigenvalue weighted by Crippen LogP contribution is -2.25. The van der Waals surface area contributed by atoms with Crippen molar-refractivity contribution in [3.63, 3.8) is 0 Å². The summed E-state index contributed by atoms with van der Waals surface area (Å²) in [5.74, 6) is 0.212. The molecular formula is C13H16Cl2O3S. The zero-order chi connectivity index (χ0) is 14.4. The van der Waals surface area contributed by atoms with Crippen molar-refractivity contribution in [1.29, 1.82) is 0 Å². The van der Waals surface area contributed by atoms with Crippen molar-refractivity contribution < 1.29 is 13.7 Å². The molecule has 0 radical (unpaired) electrons. The van der Waals surface area contributed by atoms with E-state index in [2.05, 4.69) is 0 Å². The maximum Gasteiger partial charge on any atom is 0.179 e. The molecule has 0 amide bonds. The Kier molecular flexibility index (Phi) is 7.00. The predicted octanol–water partition coefficient (Wildman–Crippen LogP) is 3.35. The standard InChI is InChI=1S/C13H16Cl2O3S/c1-9(19(17)7-3-6-18-2)13(16)11-5-4-10(14)8-12(11)15/h4-5,8-9H,3,6-7H2,1-2H3.